The Morgan fingerprint density at radius 3 is 2.44 bits per heavy atom. The lowest BCUT2D eigenvalue weighted by molar-refractivity contribution is 0.536. The standard InChI is InChI=1S/C24H18ClFN2O3S/c25-19-4-2-6-21(13-19)28-24(29)22(12-17-3-1-5-20(26)11-17)23(14-27-28)18-9-7-16(8-10-18)15-32(30)31/h1-11,13-14H,12,15H2,(H,30,31)/p-1. The lowest BCUT2D eigenvalue weighted by atomic mass is 9.97. The first-order valence-corrected chi connectivity index (χ1v) is 11.3. The highest BCUT2D eigenvalue weighted by molar-refractivity contribution is 7.78. The number of benzene rings is 3. The Morgan fingerprint density at radius 2 is 1.75 bits per heavy atom. The lowest BCUT2D eigenvalue weighted by Crippen LogP contribution is -2.25. The van der Waals surface area contributed by atoms with Crippen molar-refractivity contribution in [3.63, 3.8) is 0 Å². The third kappa shape index (κ3) is 5.02. The zero-order chi connectivity index (χ0) is 22.7. The summed E-state index contributed by atoms with van der Waals surface area (Å²) in [5, 5.41) is 4.80. The zero-order valence-electron chi connectivity index (χ0n) is 16.7. The molecule has 1 atom stereocenters. The van der Waals surface area contributed by atoms with Crippen LogP contribution in [0.15, 0.2) is 83.8 Å². The normalized spacial score (nSPS) is 12.0. The SMILES string of the molecule is O=c1c(Cc2cccc(F)c2)c(-c2ccc(CS(=O)[O-])cc2)cnn1-c1cccc(Cl)c1. The summed E-state index contributed by atoms with van der Waals surface area (Å²) in [6, 6.07) is 19.8. The van der Waals surface area contributed by atoms with Gasteiger partial charge in [0.15, 0.2) is 0 Å². The molecule has 5 nitrogen and oxygen atoms in total. The van der Waals surface area contributed by atoms with E-state index in [2.05, 4.69) is 5.10 Å². The van der Waals surface area contributed by atoms with Crippen molar-refractivity contribution < 1.29 is 13.2 Å². The van der Waals surface area contributed by atoms with E-state index in [1.165, 1.54) is 16.8 Å². The molecule has 0 spiro atoms. The smallest absolute Gasteiger partial charge is 0.275 e. The van der Waals surface area contributed by atoms with Crippen LogP contribution in [0.3, 0.4) is 0 Å². The maximum Gasteiger partial charge on any atom is 0.275 e. The van der Waals surface area contributed by atoms with Crippen molar-refractivity contribution in [1.29, 1.82) is 0 Å². The average Bonchev–Trinajstić information content (AvgIpc) is 2.75. The van der Waals surface area contributed by atoms with Gasteiger partial charge in [-0.05, 0) is 47.0 Å². The topological polar surface area (TPSA) is 75.0 Å². The van der Waals surface area contributed by atoms with Crippen molar-refractivity contribution in [3.05, 3.63) is 117 Å². The van der Waals surface area contributed by atoms with Crippen molar-refractivity contribution >= 4 is 22.7 Å². The van der Waals surface area contributed by atoms with Crippen molar-refractivity contribution in [1.82, 2.24) is 9.78 Å². The Labute approximate surface area is 191 Å². The largest absolute Gasteiger partial charge is 0.772 e. The maximum atomic E-state index is 13.8. The number of rotatable bonds is 6. The van der Waals surface area contributed by atoms with Crippen LogP contribution in [0.2, 0.25) is 5.02 Å². The van der Waals surface area contributed by atoms with E-state index in [1.54, 1.807) is 66.9 Å². The van der Waals surface area contributed by atoms with Gasteiger partial charge < -0.3 is 4.55 Å². The third-order valence-electron chi connectivity index (χ3n) is 4.95. The highest BCUT2D eigenvalue weighted by atomic mass is 35.5. The Bertz CT molecular complexity index is 1360. The minimum Gasteiger partial charge on any atom is -0.772 e. The molecule has 0 radical (unpaired) electrons. The monoisotopic (exact) mass is 467 g/mol. The van der Waals surface area contributed by atoms with Gasteiger partial charge in [0.05, 0.1) is 11.9 Å². The molecular formula is C24H17ClFN2O3S-. The zero-order valence-corrected chi connectivity index (χ0v) is 18.3. The van der Waals surface area contributed by atoms with E-state index in [0.717, 1.165) is 0 Å². The predicted molar refractivity (Wildman–Crippen MR) is 122 cm³/mol. The molecule has 1 unspecified atom stereocenters. The molecule has 162 valence electrons. The van der Waals surface area contributed by atoms with Crippen LogP contribution in [-0.2, 0) is 23.3 Å². The van der Waals surface area contributed by atoms with Gasteiger partial charge in [0.25, 0.3) is 5.56 Å². The first kappa shape index (κ1) is 22.1. The van der Waals surface area contributed by atoms with E-state index in [4.69, 9.17) is 11.6 Å². The van der Waals surface area contributed by atoms with E-state index >= 15 is 0 Å². The summed E-state index contributed by atoms with van der Waals surface area (Å²) < 4.78 is 36.9. The molecule has 4 aromatic rings. The summed E-state index contributed by atoms with van der Waals surface area (Å²) in [6.07, 6.45) is 1.78. The Hall–Kier alpha value is -3.13. The average molecular weight is 468 g/mol. The van der Waals surface area contributed by atoms with Gasteiger partial charge >= 0.3 is 0 Å². The molecule has 3 aromatic carbocycles. The molecule has 0 aliphatic rings. The van der Waals surface area contributed by atoms with Crippen LogP contribution in [0.1, 0.15) is 16.7 Å². The second-order valence-electron chi connectivity index (χ2n) is 7.19. The molecule has 0 saturated carbocycles. The van der Waals surface area contributed by atoms with Gasteiger partial charge in [0.2, 0.25) is 0 Å². The first-order valence-electron chi connectivity index (χ1n) is 9.67. The summed E-state index contributed by atoms with van der Waals surface area (Å²) in [6.45, 7) is 0. The summed E-state index contributed by atoms with van der Waals surface area (Å²) >= 11 is 3.89. The highest BCUT2D eigenvalue weighted by Gasteiger charge is 2.15. The van der Waals surface area contributed by atoms with Crippen LogP contribution < -0.4 is 5.56 Å². The second-order valence-corrected chi connectivity index (χ2v) is 8.52. The quantitative estimate of drug-likeness (QED) is 0.386. The molecule has 0 saturated heterocycles. The molecule has 0 N–H and O–H groups in total. The summed E-state index contributed by atoms with van der Waals surface area (Å²) in [5.74, 6) is -0.478. The first-order chi connectivity index (χ1) is 15.4. The number of hydrogen-bond acceptors (Lipinski definition) is 4. The van der Waals surface area contributed by atoms with E-state index in [-0.39, 0.29) is 23.6 Å². The number of halogens is 2. The molecule has 1 heterocycles. The Morgan fingerprint density at radius 1 is 1.00 bits per heavy atom. The Balaban J connectivity index is 1.84. The van der Waals surface area contributed by atoms with Crippen LogP contribution in [-0.4, -0.2) is 18.5 Å². The van der Waals surface area contributed by atoms with E-state index in [9.17, 15) is 17.9 Å². The van der Waals surface area contributed by atoms with Gasteiger partial charge in [0, 0.05) is 28.3 Å². The van der Waals surface area contributed by atoms with Gasteiger partial charge in [-0.25, -0.2) is 4.39 Å². The molecule has 0 bridgehead atoms. The highest BCUT2D eigenvalue weighted by Crippen LogP contribution is 2.25. The molecule has 0 aliphatic heterocycles. The number of nitrogens with zero attached hydrogens (tertiary/aromatic N) is 2. The van der Waals surface area contributed by atoms with Crippen LogP contribution in [0.5, 0.6) is 0 Å². The van der Waals surface area contributed by atoms with Crippen molar-refractivity contribution in [2.45, 2.75) is 12.2 Å². The van der Waals surface area contributed by atoms with Gasteiger partial charge in [-0.3, -0.25) is 9.00 Å². The number of hydrogen-bond donors (Lipinski definition) is 0. The van der Waals surface area contributed by atoms with E-state index < -0.39 is 11.1 Å². The lowest BCUT2D eigenvalue weighted by Gasteiger charge is -2.14. The molecule has 4 rings (SSSR count). The van der Waals surface area contributed by atoms with Gasteiger partial charge in [-0.15, -0.1) is 0 Å². The fourth-order valence-electron chi connectivity index (χ4n) is 3.47. The summed E-state index contributed by atoms with van der Waals surface area (Å²) in [5.41, 5.74) is 3.18. The van der Waals surface area contributed by atoms with Gasteiger partial charge in [-0.1, -0.05) is 65.1 Å². The maximum absolute atomic E-state index is 13.8. The van der Waals surface area contributed by atoms with Crippen LogP contribution in [0.25, 0.3) is 16.8 Å². The molecular weight excluding hydrogens is 451 g/mol. The minimum atomic E-state index is -2.19. The van der Waals surface area contributed by atoms with Crippen LogP contribution >= 0.6 is 11.6 Å². The molecule has 8 heteroatoms. The molecule has 32 heavy (non-hydrogen) atoms. The fraction of sp³-hybridized carbons (Fsp3) is 0.0833. The summed E-state index contributed by atoms with van der Waals surface area (Å²) in [4.78, 5) is 13.5. The van der Waals surface area contributed by atoms with E-state index in [1.807, 2.05) is 0 Å². The predicted octanol–water partition coefficient (Wildman–Crippen LogP) is 4.66. The van der Waals surface area contributed by atoms with Gasteiger partial charge in [-0.2, -0.15) is 9.78 Å². The molecule has 0 amide bonds. The Kier molecular flexibility index (Phi) is 6.60. The van der Waals surface area contributed by atoms with E-state index in [0.29, 0.717) is 38.5 Å². The van der Waals surface area contributed by atoms with Gasteiger partial charge in [0.1, 0.15) is 5.82 Å². The molecule has 1 aromatic heterocycles. The number of aromatic nitrogens is 2. The molecule has 0 aliphatic carbocycles. The van der Waals surface area contributed by atoms with Crippen LogP contribution in [0.4, 0.5) is 4.39 Å². The van der Waals surface area contributed by atoms with Crippen LogP contribution in [0, 0.1) is 5.82 Å². The van der Waals surface area contributed by atoms with Crippen molar-refractivity contribution in [2.75, 3.05) is 0 Å². The van der Waals surface area contributed by atoms with Crippen molar-refractivity contribution in [3.8, 4) is 16.8 Å². The second kappa shape index (κ2) is 9.56. The fourth-order valence-corrected chi connectivity index (χ4v) is 4.12. The third-order valence-corrected chi connectivity index (χ3v) is 5.75. The minimum absolute atomic E-state index is 0.0922. The van der Waals surface area contributed by atoms with Crippen molar-refractivity contribution in [2.24, 2.45) is 0 Å². The summed E-state index contributed by atoms with van der Waals surface area (Å²) in [7, 11) is 0. The molecule has 0 fully saturated rings.